The number of rotatable bonds is 43. The lowest BCUT2D eigenvalue weighted by Gasteiger charge is -2.07. The largest absolute Gasteiger partial charge is 0.494 e. The van der Waals surface area contributed by atoms with Gasteiger partial charge in [-0.1, -0.05) is 263 Å². The molecule has 1 heterocycles. The summed E-state index contributed by atoms with van der Waals surface area (Å²) in [6.45, 7) is 6.57. The van der Waals surface area contributed by atoms with Crippen LogP contribution in [0.15, 0.2) is 48.8 Å². The lowest BCUT2D eigenvalue weighted by atomic mass is 10.0. The third-order valence-corrected chi connectivity index (χ3v) is 12.3. The number of nitrogens with zero attached hydrogens (tertiary/aromatic N) is 1. The van der Waals surface area contributed by atoms with E-state index in [4.69, 9.17) is 4.74 Å². The summed E-state index contributed by atoms with van der Waals surface area (Å²) in [4.78, 5) is 0. The molecule has 1 aromatic carbocycles. The van der Waals surface area contributed by atoms with E-state index in [1.54, 1.807) is 0 Å². The maximum atomic E-state index is 6.05. The number of aryl methyl sites for hydroxylation is 1. The topological polar surface area (TPSA) is 13.1 Å². The monoisotopic (exact) mass is 787 g/mol. The molecule has 0 saturated heterocycles. The Balaban J connectivity index is 1.35. The van der Waals surface area contributed by atoms with Crippen LogP contribution in [0.5, 0.6) is 5.75 Å². The fraction of sp³-hybridized carbons (Fsp3) is 0.764. The van der Waals surface area contributed by atoms with E-state index in [0.29, 0.717) is 0 Å². The fourth-order valence-corrected chi connectivity index (χ4v) is 8.34. The molecule has 2 rings (SSSR count). The van der Waals surface area contributed by atoms with E-state index in [9.17, 15) is 0 Å². The van der Waals surface area contributed by atoms with Crippen LogP contribution in [0, 0.1) is 0 Å². The van der Waals surface area contributed by atoms with Crippen molar-refractivity contribution in [2.75, 3.05) is 6.61 Å². The molecule has 0 fully saturated rings. The van der Waals surface area contributed by atoms with Crippen LogP contribution >= 0.6 is 0 Å². The highest BCUT2D eigenvalue weighted by Crippen LogP contribution is 2.18. The van der Waals surface area contributed by atoms with Gasteiger partial charge in [0.2, 0.25) is 0 Å². The summed E-state index contributed by atoms with van der Waals surface area (Å²) in [7, 11) is 0. The zero-order chi connectivity index (χ0) is 40.4. The van der Waals surface area contributed by atoms with Crippen LogP contribution in [0.1, 0.15) is 269 Å². The number of ether oxygens (including phenoxy) is 1. The zero-order valence-corrected chi connectivity index (χ0v) is 38.4. The van der Waals surface area contributed by atoms with Crippen molar-refractivity contribution in [2.45, 2.75) is 264 Å². The van der Waals surface area contributed by atoms with Crippen LogP contribution in [-0.4, -0.2) is 6.61 Å². The minimum atomic E-state index is 0.831. The van der Waals surface area contributed by atoms with E-state index in [1.165, 1.54) is 249 Å². The number of pyridine rings is 1. The molecule has 0 aliphatic rings. The Hall–Kier alpha value is -2.09. The molecular weight excluding hydrogens is 691 g/mol. The molecule has 0 unspecified atom stereocenters. The van der Waals surface area contributed by atoms with Gasteiger partial charge in [-0.15, -0.1) is 0 Å². The van der Waals surface area contributed by atoms with E-state index in [1.807, 2.05) is 0 Å². The number of hydrogen-bond acceptors (Lipinski definition) is 1. The minimum absolute atomic E-state index is 0.831. The summed E-state index contributed by atoms with van der Waals surface area (Å²) in [5.74, 6) is 0.991. The van der Waals surface area contributed by atoms with Crippen molar-refractivity contribution in [1.82, 2.24) is 0 Å². The number of aromatic nitrogens is 1. The second-order valence-corrected chi connectivity index (χ2v) is 17.8. The molecule has 1 aromatic heterocycles. The molecule has 0 spiro atoms. The van der Waals surface area contributed by atoms with Gasteiger partial charge in [0.25, 0.3) is 0 Å². The standard InChI is InChI=1S/C55H96NO/c1-3-5-7-9-11-13-15-17-19-21-23-24-26-28-30-32-34-36-38-40-52-57-55-45-43-53(44-46-55)41-42-54-47-50-56(51-48-54)49-39-37-35-33-31-29-27-25-22-20-18-16-14-12-10-8-6-4-2/h41-48,50-51H,3-40,49,52H2,1-2H3/q+1/b42-41+. The maximum absolute atomic E-state index is 6.05. The summed E-state index contributed by atoms with van der Waals surface area (Å²) < 4.78 is 8.39. The molecule has 0 amide bonds. The van der Waals surface area contributed by atoms with Crippen LogP contribution in [-0.2, 0) is 6.54 Å². The van der Waals surface area contributed by atoms with Crippen molar-refractivity contribution in [3.05, 3.63) is 59.9 Å². The average Bonchev–Trinajstić information content (AvgIpc) is 3.24. The van der Waals surface area contributed by atoms with Crippen molar-refractivity contribution >= 4 is 12.2 Å². The molecule has 2 nitrogen and oxygen atoms in total. The van der Waals surface area contributed by atoms with Gasteiger partial charge in [0.15, 0.2) is 12.4 Å². The Morgan fingerprint density at radius 1 is 0.333 bits per heavy atom. The van der Waals surface area contributed by atoms with Crippen molar-refractivity contribution < 1.29 is 9.30 Å². The SMILES string of the molecule is CCCCCCCCCCCCCCCCCCCCCCOc1ccc(/C=C/c2cc[n+](CCCCCCCCCCCCCCCCCCCC)cc2)cc1. The first-order chi connectivity index (χ1) is 28.3. The summed E-state index contributed by atoms with van der Waals surface area (Å²) in [6.07, 6.45) is 63.0. The molecule has 0 saturated carbocycles. The molecule has 0 N–H and O–H groups in total. The van der Waals surface area contributed by atoms with Crippen LogP contribution in [0.2, 0.25) is 0 Å². The Bertz CT molecular complexity index is 1100. The third-order valence-electron chi connectivity index (χ3n) is 12.3. The fourth-order valence-electron chi connectivity index (χ4n) is 8.34. The first-order valence-electron chi connectivity index (χ1n) is 25.7. The van der Waals surface area contributed by atoms with Crippen molar-refractivity contribution in [3.8, 4) is 5.75 Å². The Morgan fingerprint density at radius 2 is 0.614 bits per heavy atom. The lowest BCUT2D eigenvalue weighted by molar-refractivity contribution is -0.697. The minimum Gasteiger partial charge on any atom is -0.494 e. The van der Waals surface area contributed by atoms with Gasteiger partial charge in [-0.25, -0.2) is 4.57 Å². The van der Waals surface area contributed by atoms with Crippen molar-refractivity contribution in [3.63, 3.8) is 0 Å². The van der Waals surface area contributed by atoms with E-state index >= 15 is 0 Å². The number of hydrogen-bond donors (Lipinski definition) is 0. The summed E-state index contributed by atoms with van der Waals surface area (Å²) >= 11 is 0. The molecule has 0 aliphatic heterocycles. The predicted octanol–water partition coefficient (Wildman–Crippen LogP) is 18.4. The van der Waals surface area contributed by atoms with Crippen LogP contribution in [0.4, 0.5) is 0 Å². The van der Waals surface area contributed by atoms with E-state index < -0.39 is 0 Å². The molecular formula is C55H96NO+. The zero-order valence-electron chi connectivity index (χ0n) is 38.4. The highest BCUT2D eigenvalue weighted by molar-refractivity contribution is 5.69. The van der Waals surface area contributed by atoms with Gasteiger partial charge in [-0.05, 0) is 36.1 Å². The normalized spacial score (nSPS) is 11.6. The Morgan fingerprint density at radius 3 is 0.947 bits per heavy atom. The maximum Gasteiger partial charge on any atom is 0.169 e. The molecule has 57 heavy (non-hydrogen) atoms. The van der Waals surface area contributed by atoms with Gasteiger partial charge < -0.3 is 4.74 Å². The van der Waals surface area contributed by atoms with Gasteiger partial charge in [-0.3, -0.25) is 0 Å². The summed E-state index contributed by atoms with van der Waals surface area (Å²) in [5.41, 5.74) is 2.47. The van der Waals surface area contributed by atoms with Gasteiger partial charge in [0, 0.05) is 18.6 Å². The quantitative estimate of drug-likeness (QED) is 0.0482. The summed E-state index contributed by atoms with van der Waals surface area (Å²) in [5, 5.41) is 0. The Kier molecular flexibility index (Phi) is 36.4. The first kappa shape index (κ1) is 51.1. The average molecular weight is 787 g/mol. The predicted molar refractivity (Wildman–Crippen MR) is 254 cm³/mol. The van der Waals surface area contributed by atoms with Crippen LogP contribution in [0.25, 0.3) is 12.2 Å². The van der Waals surface area contributed by atoms with Crippen molar-refractivity contribution in [1.29, 1.82) is 0 Å². The van der Waals surface area contributed by atoms with Crippen LogP contribution < -0.4 is 9.30 Å². The van der Waals surface area contributed by atoms with E-state index in [-0.39, 0.29) is 0 Å². The molecule has 0 atom stereocenters. The van der Waals surface area contributed by atoms with Gasteiger partial charge in [0.1, 0.15) is 12.3 Å². The molecule has 326 valence electrons. The lowest BCUT2D eigenvalue weighted by Crippen LogP contribution is -2.32. The third kappa shape index (κ3) is 33.4. The highest BCUT2D eigenvalue weighted by atomic mass is 16.5. The van der Waals surface area contributed by atoms with E-state index in [2.05, 4.69) is 79.4 Å². The van der Waals surface area contributed by atoms with Gasteiger partial charge in [-0.2, -0.15) is 0 Å². The summed E-state index contributed by atoms with van der Waals surface area (Å²) in [6, 6.07) is 13.1. The van der Waals surface area contributed by atoms with Crippen molar-refractivity contribution in [2.24, 2.45) is 0 Å². The smallest absolute Gasteiger partial charge is 0.169 e. The molecule has 2 heteroatoms. The second-order valence-electron chi connectivity index (χ2n) is 17.8. The molecule has 0 radical (unpaired) electrons. The van der Waals surface area contributed by atoms with Gasteiger partial charge >= 0.3 is 0 Å². The van der Waals surface area contributed by atoms with E-state index in [0.717, 1.165) is 25.3 Å². The first-order valence-corrected chi connectivity index (χ1v) is 25.7. The molecule has 0 aliphatic carbocycles. The number of benzene rings is 1. The second kappa shape index (κ2) is 40.7. The molecule has 0 bridgehead atoms. The number of unbranched alkanes of at least 4 members (excludes halogenated alkanes) is 36. The highest BCUT2D eigenvalue weighted by Gasteiger charge is 2.02. The Labute approximate surface area is 356 Å². The van der Waals surface area contributed by atoms with Crippen LogP contribution in [0.3, 0.4) is 0 Å². The molecule has 2 aromatic rings. The van der Waals surface area contributed by atoms with Gasteiger partial charge in [0.05, 0.1) is 6.61 Å².